The molecule has 80 valence electrons. The molecule has 0 bridgehead atoms. The third-order valence-corrected chi connectivity index (χ3v) is 1.71. The van der Waals surface area contributed by atoms with E-state index in [0.717, 1.165) is 0 Å². The third-order valence-electron chi connectivity index (χ3n) is 1.71. The van der Waals surface area contributed by atoms with E-state index in [0.29, 0.717) is 5.69 Å². The van der Waals surface area contributed by atoms with Crippen molar-refractivity contribution < 1.29 is 19.8 Å². The number of carboxylic acids is 1. The summed E-state index contributed by atoms with van der Waals surface area (Å²) in [6.45, 7) is 0. The number of rotatable bonds is 4. The number of benzene rings is 1. The van der Waals surface area contributed by atoms with Gasteiger partial charge in [0.25, 0.3) is 5.91 Å². The number of amides is 1. The molecular weight excluding hydrogens is 198 g/mol. The van der Waals surface area contributed by atoms with Crippen LogP contribution in [0.5, 0.6) is 0 Å². The molecule has 0 heterocycles. The highest BCUT2D eigenvalue weighted by atomic mass is 16.4. The Bertz CT molecular complexity index is 350. The maximum atomic E-state index is 11.2. The molecule has 5 nitrogen and oxygen atoms in total. The zero-order chi connectivity index (χ0) is 11.3. The molecule has 0 unspecified atom stereocenters. The van der Waals surface area contributed by atoms with Gasteiger partial charge in [-0.05, 0) is 12.1 Å². The predicted octanol–water partition coefficient (Wildman–Crippen LogP) is 0.461. The van der Waals surface area contributed by atoms with Crippen molar-refractivity contribution in [2.45, 2.75) is 12.5 Å². The van der Waals surface area contributed by atoms with Gasteiger partial charge in [0.15, 0.2) is 0 Å². The first-order valence-electron chi connectivity index (χ1n) is 4.35. The van der Waals surface area contributed by atoms with Gasteiger partial charge in [0.05, 0.1) is 6.42 Å². The molecule has 0 aromatic heterocycles. The minimum atomic E-state index is -1.53. The summed E-state index contributed by atoms with van der Waals surface area (Å²) in [5.74, 6) is -1.94. The molecule has 0 aliphatic carbocycles. The van der Waals surface area contributed by atoms with Gasteiger partial charge in [-0.25, -0.2) is 0 Å². The molecule has 15 heavy (non-hydrogen) atoms. The van der Waals surface area contributed by atoms with Crippen molar-refractivity contribution in [1.29, 1.82) is 0 Å². The van der Waals surface area contributed by atoms with Gasteiger partial charge < -0.3 is 15.5 Å². The minimum absolute atomic E-state index is 0.520. The van der Waals surface area contributed by atoms with Crippen molar-refractivity contribution in [3.63, 3.8) is 0 Å². The SMILES string of the molecule is O=C(O)C[C@@H](O)C(=O)Nc1ccccc1. The fourth-order valence-corrected chi connectivity index (χ4v) is 1.01. The number of aliphatic carboxylic acids is 1. The van der Waals surface area contributed by atoms with Crippen molar-refractivity contribution in [2.24, 2.45) is 0 Å². The van der Waals surface area contributed by atoms with Crippen LogP contribution < -0.4 is 5.32 Å². The van der Waals surface area contributed by atoms with Crippen LogP contribution in [0.2, 0.25) is 0 Å². The second-order valence-corrected chi connectivity index (χ2v) is 2.97. The number of carbonyl (C=O) groups excluding carboxylic acids is 1. The average molecular weight is 209 g/mol. The van der Waals surface area contributed by atoms with Crippen molar-refractivity contribution >= 4 is 17.6 Å². The number of aliphatic hydroxyl groups is 1. The molecule has 3 N–H and O–H groups in total. The molecule has 1 aromatic rings. The standard InChI is InChI=1S/C10H11NO4/c12-8(6-9(13)14)10(15)11-7-4-2-1-3-5-7/h1-5,8,12H,6H2,(H,11,15)(H,13,14)/t8-/m1/s1. The van der Waals surface area contributed by atoms with Crippen molar-refractivity contribution in [3.05, 3.63) is 30.3 Å². The monoisotopic (exact) mass is 209 g/mol. The number of hydrogen-bond acceptors (Lipinski definition) is 3. The van der Waals surface area contributed by atoms with Gasteiger partial charge >= 0.3 is 5.97 Å². The maximum Gasteiger partial charge on any atom is 0.306 e. The normalized spacial score (nSPS) is 11.8. The van der Waals surface area contributed by atoms with E-state index < -0.39 is 24.4 Å². The van der Waals surface area contributed by atoms with E-state index >= 15 is 0 Å². The summed E-state index contributed by atoms with van der Waals surface area (Å²) in [6, 6.07) is 8.51. The summed E-state index contributed by atoms with van der Waals surface area (Å²) in [5.41, 5.74) is 0.520. The summed E-state index contributed by atoms with van der Waals surface area (Å²) in [4.78, 5) is 21.5. The van der Waals surface area contributed by atoms with E-state index in [-0.39, 0.29) is 0 Å². The van der Waals surface area contributed by atoms with Crippen LogP contribution in [0.1, 0.15) is 6.42 Å². The van der Waals surface area contributed by atoms with Crippen LogP contribution in [0.25, 0.3) is 0 Å². The molecule has 1 amide bonds. The highest BCUT2D eigenvalue weighted by Gasteiger charge is 2.18. The molecular formula is C10H11NO4. The van der Waals surface area contributed by atoms with Crippen LogP contribution >= 0.6 is 0 Å². The Morgan fingerprint density at radius 1 is 1.27 bits per heavy atom. The topological polar surface area (TPSA) is 86.6 Å². The molecule has 0 radical (unpaired) electrons. The highest BCUT2D eigenvalue weighted by Crippen LogP contribution is 2.06. The van der Waals surface area contributed by atoms with Crippen LogP contribution in [0.3, 0.4) is 0 Å². The number of nitrogens with one attached hydrogen (secondary N) is 1. The van der Waals surface area contributed by atoms with Gasteiger partial charge in [0.2, 0.25) is 0 Å². The Labute approximate surface area is 86.4 Å². The van der Waals surface area contributed by atoms with Crippen molar-refractivity contribution in [1.82, 2.24) is 0 Å². The van der Waals surface area contributed by atoms with E-state index in [9.17, 15) is 9.59 Å². The van der Waals surface area contributed by atoms with Gasteiger partial charge in [-0.1, -0.05) is 18.2 Å². The van der Waals surface area contributed by atoms with E-state index in [2.05, 4.69) is 5.32 Å². The highest BCUT2D eigenvalue weighted by molar-refractivity contribution is 5.95. The van der Waals surface area contributed by atoms with E-state index in [1.807, 2.05) is 0 Å². The van der Waals surface area contributed by atoms with E-state index in [1.54, 1.807) is 30.3 Å². The third kappa shape index (κ3) is 3.78. The summed E-state index contributed by atoms with van der Waals surface area (Å²) in [5, 5.41) is 19.9. The van der Waals surface area contributed by atoms with Crippen LogP contribution in [-0.4, -0.2) is 28.2 Å². The first kappa shape index (κ1) is 11.2. The number of hydrogen-bond donors (Lipinski definition) is 3. The lowest BCUT2D eigenvalue weighted by molar-refractivity contribution is -0.142. The summed E-state index contributed by atoms with van der Waals surface area (Å²) < 4.78 is 0. The molecule has 1 atom stereocenters. The molecule has 5 heteroatoms. The Hall–Kier alpha value is -1.88. The molecule has 0 fully saturated rings. The maximum absolute atomic E-state index is 11.2. The number of para-hydroxylation sites is 1. The zero-order valence-corrected chi connectivity index (χ0v) is 7.88. The lowest BCUT2D eigenvalue weighted by Gasteiger charge is -2.08. The Kier molecular flexibility index (Phi) is 3.82. The van der Waals surface area contributed by atoms with E-state index in [4.69, 9.17) is 10.2 Å². The van der Waals surface area contributed by atoms with Crippen molar-refractivity contribution in [3.8, 4) is 0 Å². The molecule has 0 aliphatic heterocycles. The van der Waals surface area contributed by atoms with Crippen LogP contribution in [-0.2, 0) is 9.59 Å². The molecule has 0 saturated heterocycles. The van der Waals surface area contributed by atoms with Crippen LogP contribution in [0.4, 0.5) is 5.69 Å². The Balaban J connectivity index is 2.52. The fraction of sp³-hybridized carbons (Fsp3) is 0.200. The second-order valence-electron chi connectivity index (χ2n) is 2.97. The van der Waals surface area contributed by atoms with Crippen LogP contribution in [0, 0.1) is 0 Å². The number of carboxylic acid groups (broad SMARTS) is 1. The number of carbonyl (C=O) groups is 2. The molecule has 0 saturated carbocycles. The lowest BCUT2D eigenvalue weighted by Crippen LogP contribution is -2.29. The Morgan fingerprint density at radius 3 is 2.40 bits per heavy atom. The molecule has 1 rings (SSSR count). The first-order chi connectivity index (χ1) is 7.09. The van der Waals surface area contributed by atoms with E-state index in [1.165, 1.54) is 0 Å². The molecule has 0 aliphatic rings. The number of aliphatic hydroxyl groups excluding tert-OH is 1. The lowest BCUT2D eigenvalue weighted by atomic mass is 10.2. The van der Waals surface area contributed by atoms with Crippen molar-refractivity contribution in [2.75, 3.05) is 5.32 Å². The van der Waals surface area contributed by atoms with Crippen LogP contribution in [0.15, 0.2) is 30.3 Å². The average Bonchev–Trinajstić information content (AvgIpc) is 2.18. The molecule has 1 aromatic carbocycles. The largest absolute Gasteiger partial charge is 0.481 e. The summed E-state index contributed by atoms with van der Waals surface area (Å²) in [6.07, 6.45) is -2.12. The summed E-state index contributed by atoms with van der Waals surface area (Å²) in [7, 11) is 0. The molecule has 0 spiro atoms. The summed E-state index contributed by atoms with van der Waals surface area (Å²) >= 11 is 0. The smallest absolute Gasteiger partial charge is 0.306 e. The number of anilines is 1. The first-order valence-corrected chi connectivity index (χ1v) is 4.35. The Morgan fingerprint density at radius 2 is 1.87 bits per heavy atom. The zero-order valence-electron chi connectivity index (χ0n) is 7.88. The quantitative estimate of drug-likeness (QED) is 0.672. The second kappa shape index (κ2) is 5.11. The van der Waals surface area contributed by atoms with Gasteiger partial charge in [0, 0.05) is 5.69 Å². The predicted molar refractivity (Wildman–Crippen MR) is 53.3 cm³/mol. The van der Waals surface area contributed by atoms with Gasteiger partial charge in [-0.3, -0.25) is 9.59 Å². The van der Waals surface area contributed by atoms with Gasteiger partial charge in [-0.2, -0.15) is 0 Å². The fourth-order valence-electron chi connectivity index (χ4n) is 1.01. The van der Waals surface area contributed by atoms with Gasteiger partial charge in [0.1, 0.15) is 6.10 Å². The minimum Gasteiger partial charge on any atom is -0.481 e. The van der Waals surface area contributed by atoms with Gasteiger partial charge in [-0.15, -0.1) is 0 Å².